The Morgan fingerprint density at radius 3 is 2.33 bits per heavy atom. The summed E-state index contributed by atoms with van der Waals surface area (Å²) in [4.78, 5) is 22.7. The summed E-state index contributed by atoms with van der Waals surface area (Å²) in [6, 6.07) is 6.72. The van der Waals surface area contributed by atoms with E-state index < -0.39 is 15.9 Å². The molecule has 0 aliphatic carbocycles. The first-order chi connectivity index (χ1) is 11.3. The summed E-state index contributed by atoms with van der Waals surface area (Å²) in [7, 11) is -2.75. The molecule has 0 fully saturated rings. The zero-order valence-electron chi connectivity index (χ0n) is 13.7. The fourth-order valence-electron chi connectivity index (χ4n) is 2.05. The summed E-state index contributed by atoms with van der Waals surface area (Å²) in [5, 5.41) is 3.21. The predicted molar refractivity (Wildman–Crippen MR) is 90.8 cm³/mol. The van der Waals surface area contributed by atoms with Crippen molar-refractivity contribution in [1.29, 1.82) is 0 Å². The number of hydrogen-bond acceptors (Lipinski definition) is 6. The van der Waals surface area contributed by atoms with E-state index in [1.807, 2.05) is 0 Å². The number of anilines is 1. The van der Waals surface area contributed by atoms with Crippen LogP contribution in [0.4, 0.5) is 5.69 Å². The molecule has 24 heavy (non-hydrogen) atoms. The maximum absolute atomic E-state index is 11.8. The van der Waals surface area contributed by atoms with E-state index >= 15 is 0 Å². The monoisotopic (exact) mass is 357 g/mol. The standard InChI is InChI=1S/C16H23NO6S/c1-23-16(19)5-3-2-4-11-17-14-8-6-13(7-9-14)15(18)10-12-24(20,21)22/h6-9,17H,2-5,10-12H2,1H3,(H,20,21,22). The van der Waals surface area contributed by atoms with E-state index in [0.29, 0.717) is 12.0 Å². The molecule has 0 spiro atoms. The van der Waals surface area contributed by atoms with Crippen LogP contribution in [0.1, 0.15) is 42.5 Å². The van der Waals surface area contributed by atoms with Gasteiger partial charge in [-0.25, -0.2) is 0 Å². The zero-order chi connectivity index (χ0) is 18.0. The number of benzene rings is 1. The van der Waals surface area contributed by atoms with Gasteiger partial charge in [0.1, 0.15) is 0 Å². The normalized spacial score (nSPS) is 11.1. The molecule has 0 aromatic heterocycles. The first-order valence-electron chi connectivity index (χ1n) is 7.71. The van der Waals surface area contributed by atoms with Crippen LogP contribution in [0.25, 0.3) is 0 Å². The van der Waals surface area contributed by atoms with E-state index in [1.165, 1.54) is 7.11 Å². The van der Waals surface area contributed by atoms with E-state index in [4.69, 9.17) is 4.55 Å². The van der Waals surface area contributed by atoms with E-state index in [9.17, 15) is 18.0 Å². The van der Waals surface area contributed by atoms with Gasteiger partial charge in [-0.1, -0.05) is 6.42 Å². The fourth-order valence-corrected chi connectivity index (χ4v) is 2.49. The van der Waals surface area contributed by atoms with Crippen LogP contribution in [0.2, 0.25) is 0 Å². The first kappa shape index (κ1) is 20.1. The van der Waals surface area contributed by atoms with Gasteiger partial charge < -0.3 is 10.1 Å². The van der Waals surface area contributed by atoms with Gasteiger partial charge in [0.15, 0.2) is 5.78 Å². The van der Waals surface area contributed by atoms with Crippen LogP contribution in [0.5, 0.6) is 0 Å². The molecule has 7 nitrogen and oxygen atoms in total. The Bertz CT molecular complexity index is 639. The van der Waals surface area contributed by atoms with Gasteiger partial charge in [0, 0.05) is 30.6 Å². The molecule has 0 bridgehead atoms. The van der Waals surface area contributed by atoms with Crippen molar-refractivity contribution >= 4 is 27.6 Å². The van der Waals surface area contributed by atoms with Gasteiger partial charge in [-0.3, -0.25) is 14.1 Å². The molecule has 134 valence electrons. The highest BCUT2D eigenvalue weighted by atomic mass is 32.2. The summed E-state index contributed by atoms with van der Waals surface area (Å²) in [5.74, 6) is -1.10. The smallest absolute Gasteiger partial charge is 0.305 e. The summed E-state index contributed by atoms with van der Waals surface area (Å²) < 4.78 is 34.5. The van der Waals surface area contributed by atoms with Crippen LogP contribution >= 0.6 is 0 Å². The molecule has 1 aromatic carbocycles. The van der Waals surface area contributed by atoms with Gasteiger partial charge in [0.05, 0.1) is 12.9 Å². The Kier molecular flexibility index (Phi) is 8.42. The van der Waals surface area contributed by atoms with Crippen LogP contribution in [-0.2, 0) is 19.6 Å². The zero-order valence-corrected chi connectivity index (χ0v) is 14.5. The highest BCUT2D eigenvalue weighted by Crippen LogP contribution is 2.12. The van der Waals surface area contributed by atoms with E-state index in [-0.39, 0.29) is 18.2 Å². The molecule has 1 aromatic rings. The Morgan fingerprint density at radius 2 is 1.75 bits per heavy atom. The topological polar surface area (TPSA) is 110 Å². The molecule has 0 unspecified atom stereocenters. The molecule has 0 aliphatic heterocycles. The average Bonchev–Trinajstić information content (AvgIpc) is 2.55. The molecule has 0 amide bonds. The van der Waals surface area contributed by atoms with E-state index in [2.05, 4.69) is 10.1 Å². The summed E-state index contributed by atoms with van der Waals surface area (Å²) in [6.07, 6.45) is 2.79. The van der Waals surface area contributed by atoms with Gasteiger partial charge in [-0.2, -0.15) is 8.42 Å². The minimum Gasteiger partial charge on any atom is -0.469 e. The SMILES string of the molecule is COC(=O)CCCCCNc1ccc(C(=O)CCS(=O)(=O)O)cc1. The third kappa shape index (κ3) is 8.64. The Hall–Kier alpha value is -1.93. The quantitative estimate of drug-likeness (QED) is 0.270. The molecule has 0 radical (unpaired) electrons. The molecular weight excluding hydrogens is 334 g/mol. The number of rotatable bonds is 11. The van der Waals surface area contributed by atoms with Crippen LogP contribution in [0.3, 0.4) is 0 Å². The lowest BCUT2D eigenvalue weighted by Crippen LogP contribution is -2.10. The molecular formula is C16H23NO6S. The summed E-state index contributed by atoms with van der Waals surface area (Å²) in [5.41, 5.74) is 1.26. The number of ketones is 1. The second-order valence-corrected chi connectivity index (χ2v) is 6.92. The number of hydrogen-bond donors (Lipinski definition) is 2. The Balaban J connectivity index is 2.29. The number of Topliss-reactive ketones (excluding diaryl/α,β-unsaturated/α-hetero) is 1. The lowest BCUT2D eigenvalue weighted by atomic mass is 10.1. The molecule has 1 rings (SSSR count). The molecule has 2 N–H and O–H groups in total. The van der Waals surface area contributed by atoms with Gasteiger partial charge in [-0.15, -0.1) is 0 Å². The second-order valence-electron chi connectivity index (χ2n) is 5.35. The minimum atomic E-state index is -4.12. The van der Waals surface area contributed by atoms with E-state index in [0.717, 1.165) is 31.5 Å². The van der Waals surface area contributed by atoms with Gasteiger partial charge in [0.25, 0.3) is 10.1 Å². The largest absolute Gasteiger partial charge is 0.469 e. The van der Waals surface area contributed by atoms with Crippen molar-refractivity contribution in [2.45, 2.75) is 32.1 Å². The minimum absolute atomic E-state index is 0.197. The van der Waals surface area contributed by atoms with Crippen molar-refractivity contribution in [3.63, 3.8) is 0 Å². The number of carbonyl (C=O) groups excluding carboxylic acids is 2. The molecule has 0 saturated heterocycles. The predicted octanol–water partition coefficient (Wildman–Crippen LogP) is 2.29. The maximum Gasteiger partial charge on any atom is 0.305 e. The number of esters is 1. The number of carbonyl (C=O) groups is 2. The van der Waals surface area contributed by atoms with Gasteiger partial charge >= 0.3 is 5.97 Å². The fraction of sp³-hybridized carbons (Fsp3) is 0.500. The number of ether oxygens (including phenoxy) is 1. The molecule has 0 atom stereocenters. The number of methoxy groups -OCH3 is 1. The van der Waals surface area contributed by atoms with Crippen LogP contribution in [0.15, 0.2) is 24.3 Å². The Morgan fingerprint density at radius 1 is 1.08 bits per heavy atom. The maximum atomic E-state index is 11.8. The third-order valence-corrected chi connectivity index (χ3v) is 4.13. The highest BCUT2D eigenvalue weighted by molar-refractivity contribution is 7.85. The Labute approximate surface area is 142 Å². The lowest BCUT2D eigenvalue weighted by Gasteiger charge is -2.07. The molecule has 0 heterocycles. The van der Waals surface area contributed by atoms with Crippen LogP contribution < -0.4 is 5.32 Å². The lowest BCUT2D eigenvalue weighted by molar-refractivity contribution is -0.140. The van der Waals surface area contributed by atoms with Crippen LogP contribution in [-0.4, -0.2) is 44.1 Å². The highest BCUT2D eigenvalue weighted by Gasteiger charge is 2.11. The van der Waals surface area contributed by atoms with E-state index in [1.54, 1.807) is 24.3 Å². The first-order valence-corrected chi connectivity index (χ1v) is 9.32. The van der Waals surface area contributed by atoms with Crippen LogP contribution in [0, 0.1) is 0 Å². The van der Waals surface area contributed by atoms with Crippen molar-refractivity contribution in [3.05, 3.63) is 29.8 Å². The van der Waals surface area contributed by atoms with Gasteiger partial charge in [0.2, 0.25) is 0 Å². The second kappa shape index (κ2) is 10.0. The van der Waals surface area contributed by atoms with Crippen molar-refractivity contribution < 1.29 is 27.3 Å². The van der Waals surface area contributed by atoms with Crippen molar-refractivity contribution in [2.75, 3.05) is 24.7 Å². The number of nitrogens with one attached hydrogen (secondary N) is 1. The molecule has 0 saturated carbocycles. The van der Waals surface area contributed by atoms with Crippen molar-refractivity contribution in [1.82, 2.24) is 0 Å². The summed E-state index contributed by atoms with van der Waals surface area (Å²) >= 11 is 0. The molecule has 0 aliphatic rings. The number of unbranched alkanes of at least 4 members (excludes halogenated alkanes) is 2. The van der Waals surface area contributed by atoms with Crippen molar-refractivity contribution in [3.8, 4) is 0 Å². The molecule has 8 heteroatoms. The summed E-state index contributed by atoms with van der Waals surface area (Å²) in [6.45, 7) is 0.747. The third-order valence-electron chi connectivity index (χ3n) is 3.41. The van der Waals surface area contributed by atoms with Crippen molar-refractivity contribution in [2.24, 2.45) is 0 Å². The van der Waals surface area contributed by atoms with Gasteiger partial charge in [-0.05, 0) is 37.1 Å². The average molecular weight is 357 g/mol.